The van der Waals surface area contributed by atoms with Gasteiger partial charge in [0.25, 0.3) is 0 Å². The van der Waals surface area contributed by atoms with Crippen molar-refractivity contribution in [1.29, 1.82) is 0 Å². The zero-order valence-corrected chi connectivity index (χ0v) is 16.1. The Bertz CT molecular complexity index is 1090. The van der Waals surface area contributed by atoms with E-state index in [9.17, 15) is 4.79 Å². The summed E-state index contributed by atoms with van der Waals surface area (Å²) in [7, 11) is 1.38. The van der Waals surface area contributed by atoms with Crippen molar-refractivity contribution < 1.29 is 9.53 Å². The molecular weight excluding hydrogens is 368 g/mol. The van der Waals surface area contributed by atoms with Crippen molar-refractivity contribution in [3.63, 3.8) is 0 Å². The summed E-state index contributed by atoms with van der Waals surface area (Å²) in [6.45, 7) is 0. The van der Waals surface area contributed by atoms with Gasteiger partial charge >= 0.3 is 5.97 Å². The molecule has 0 aliphatic carbocycles. The Morgan fingerprint density at radius 2 is 1.61 bits per heavy atom. The van der Waals surface area contributed by atoms with Crippen molar-refractivity contribution in [2.24, 2.45) is 0 Å². The highest BCUT2D eigenvalue weighted by Gasteiger charge is 2.11. The van der Waals surface area contributed by atoms with Crippen LogP contribution in [0.2, 0.25) is 0 Å². The van der Waals surface area contributed by atoms with E-state index >= 15 is 0 Å². The number of anilines is 2. The zero-order valence-electron chi connectivity index (χ0n) is 15.3. The summed E-state index contributed by atoms with van der Waals surface area (Å²) in [5.74, 6) is -0.363. The molecule has 0 spiro atoms. The van der Waals surface area contributed by atoms with Crippen molar-refractivity contribution in [2.45, 2.75) is 0 Å². The maximum Gasteiger partial charge on any atom is 0.339 e. The summed E-state index contributed by atoms with van der Waals surface area (Å²) < 4.78 is 4.85. The number of carbonyl (C=O) groups excluding carboxylic acids is 1. The first-order valence-corrected chi connectivity index (χ1v) is 9.62. The predicted octanol–water partition coefficient (Wildman–Crippen LogP) is 6.01. The number of nitrogens with one attached hydrogen (secondary N) is 1. The number of benzene rings is 3. The van der Waals surface area contributed by atoms with Crippen LogP contribution in [0.5, 0.6) is 0 Å². The molecule has 138 valence electrons. The van der Waals surface area contributed by atoms with Crippen LogP contribution in [0, 0.1) is 0 Å². The molecular formula is C23H18N2O2S. The molecule has 4 rings (SSSR count). The molecule has 0 aliphatic heterocycles. The van der Waals surface area contributed by atoms with Gasteiger partial charge in [0, 0.05) is 17.4 Å². The minimum Gasteiger partial charge on any atom is -0.465 e. The number of carbonyl (C=O) groups is 1. The SMILES string of the molecule is COC(=O)c1ccccc1Nc1ccc(-c2cnc(-c3ccccc3)s2)cc1. The number of aromatic nitrogens is 1. The predicted molar refractivity (Wildman–Crippen MR) is 114 cm³/mol. The van der Waals surface area contributed by atoms with Crippen LogP contribution in [0.1, 0.15) is 10.4 Å². The number of hydrogen-bond donors (Lipinski definition) is 1. The number of ether oxygens (including phenoxy) is 1. The van der Waals surface area contributed by atoms with Gasteiger partial charge in [0.1, 0.15) is 5.01 Å². The second-order valence-corrected chi connectivity index (χ2v) is 7.17. The molecule has 0 atom stereocenters. The number of thiazole rings is 1. The van der Waals surface area contributed by atoms with Gasteiger partial charge < -0.3 is 10.1 Å². The lowest BCUT2D eigenvalue weighted by molar-refractivity contribution is 0.0602. The zero-order chi connectivity index (χ0) is 19.3. The molecule has 0 amide bonds. The molecule has 1 heterocycles. The van der Waals surface area contributed by atoms with E-state index in [0.29, 0.717) is 11.3 Å². The second-order valence-electron chi connectivity index (χ2n) is 6.14. The Morgan fingerprint density at radius 3 is 2.36 bits per heavy atom. The van der Waals surface area contributed by atoms with E-state index in [2.05, 4.69) is 22.4 Å². The molecule has 0 saturated heterocycles. The van der Waals surface area contributed by atoms with Gasteiger partial charge in [-0.1, -0.05) is 54.6 Å². The van der Waals surface area contributed by atoms with Crippen LogP contribution in [-0.2, 0) is 4.74 Å². The Balaban J connectivity index is 1.54. The maximum absolute atomic E-state index is 11.9. The van der Waals surface area contributed by atoms with E-state index in [1.165, 1.54) is 7.11 Å². The van der Waals surface area contributed by atoms with Crippen LogP contribution in [0.3, 0.4) is 0 Å². The highest BCUT2D eigenvalue weighted by Crippen LogP contribution is 2.33. The Labute approximate surface area is 167 Å². The molecule has 3 aromatic carbocycles. The summed E-state index contributed by atoms with van der Waals surface area (Å²) in [6.07, 6.45) is 1.90. The van der Waals surface area contributed by atoms with Gasteiger partial charge in [0.05, 0.1) is 23.2 Å². The third-order valence-electron chi connectivity index (χ3n) is 4.31. The van der Waals surface area contributed by atoms with E-state index in [0.717, 1.165) is 26.7 Å². The summed E-state index contributed by atoms with van der Waals surface area (Å²) in [5.41, 5.74) is 4.34. The van der Waals surface area contributed by atoms with E-state index in [-0.39, 0.29) is 5.97 Å². The molecule has 1 aromatic heterocycles. The van der Waals surface area contributed by atoms with Crippen LogP contribution in [-0.4, -0.2) is 18.1 Å². The Morgan fingerprint density at radius 1 is 0.893 bits per heavy atom. The van der Waals surface area contributed by atoms with Gasteiger partial charge in [-0.3, -0.25) is 0 Å². The van der Waals surface area contributed by atoms with Gasteiger partial charge in [0.15, 0.2) is 0 Å². The Kier molecular flexibility index (Phi) is 5.17. The van der Waals surface area contributed by atoms with Gasteiger partial charge in [-0.25, -0.2) is 9.78 Å². The topological polar surface area (TPSA) is 51.2 Å². The summed E-state index contributed by atoms with van der Waals surface area (Å²) >= 11 is 1.67. The first-order valence-electron chi connectivity index (χ1n) is 8.80. The number of hydrogen-bond acceptors (Lipinski definition) is 5. The van der Waals surface area contributed by atoms with Crippen LogP contribution in [0.25, 0.3) is 21.0 Å². The monoisotopic (exact) mass is 386 g/mol. The summed E-state index contributed by atoms with van der Waals surface area (Å²) in [5, 5.41) is 4.29. The minimum absolute atomic E-state index is 0.363. The third-order valence-corrected chi connectivity index (χ3v) is 5.40. The van der Waals surface area contributed by atoms with E-state index in [1.807, 2.05) is 66.9 Å². The van der Waals surface area contributed by atoms with Crippen LogP contribution < -0.4 is 5.32 Å². The van der Waals surface area contributed by atoms with Crippen LogP contribution in [0.4, 0.5) is 11.4 Å². The van der Waals surface area contributed by atoms with Gasteiger partial charge in [-0.15, -0.1) is 11.3 Å². The molecule has 1 N–H and O–H groups in total. The third kappa shape index (κ3) is 3.80. The highest BCUT2D eigenvalue weighted by atomic mass is 32.1. The van der Waals surface area contributed by atoms with Gasteiger partial charge in [-0.05, 0) is 29.8 Å². The molecule has 0 fully saturated rings. The van der Waals surface area contributed by atoms with Crippen LogP contribution >= 0.6 is 11.3 Å². The van der Waals surface area contributed by atoms with Crippen molar-refractivity contribution in [3.8, 4) is 21.0 Å². The van der Waals surface area contributed by atoms with Crippen molar-refractivity contribution in [1.82, 2.24) is 4.98 Å². The normalized spacial score (nSPS) is 10.5. The number of rotatable bonds is 5. The average Bonchev–Trinajstić information content (AvgIpc) is 3.25. The van der Waals surface area contributed by atoms with Crippen molar-refractivity contribution in [3.05, 3.63) is 90.6 Å². The molecule has 0 bridgehead atoms. The number of para-hydroxylation sites is 1. The summed E-state index contributed by atoms with van der Waals surface area (Å²) in [4.78, 5) is 17.6. The van der Waals surface area contributed by atoms with Gasteiger partial charge in [-0.2, -0.15) is 0 Å². The first-order chi connectivity index (χ1) is 13.7. The number of methoxy groups -OCH3 is 1. The molecule has 0 saturated carbocycles. The van der Waals surface area contributed by atoms with Gasteiger partial charge in [0.2, 0.25) is 0 Å². The lowest BCUT2D eigenvalue weighted by Gasteiger charge is -2.11. The number of nitrogens with zero attached hydrogens (tertiary/aromatic N) is 1. The second kappa shape index (κ2) is 8.06. The average molecular weight is 386 g/mol. The fraction of sp³-hybridized carbons (Fsp3) is 0.0435. The molecule has 0 radical (unpaired) electrons. The molecule has 28 heavy (non-hydrogen) atoms. The van der Waals surface area contributed by atoms with E-state index < -0.39 is 0 Å². The molecule has 4 nitrogen and oxygen atoms in total. The molecule has 4 aromatic rings. The lowest BCUT2D eigenvalue weighted by atomic mass is 10.1. The number of esters is 1. The van der Waals surface area contributed by atoms with E-state index in [4.69, 9.17) is 4.74 Å². The Hall–Kier alpha value is -3.44. The highest BCUT2D eigenvalue weighted by molar-refractivity contribution is 7.18. The fourth-order valence-corrected chi connectivity index (χ4v) is 3.80. The first kappa shape index (κ1) is 17.9. The summed E-state index contributed by atoms with van der Waals surface area (Å²) in [6, 6.07) is 25.5. The quantitative estimate of drug-likeness (QED) is 0.427. The lowest BCUT2D eigenvalue weighted by Crippen LogP contribution is -2.05. The van der Waals surface area contributed by atoms with Crippen LogP contribution in [0.15, 0.2) is 85.1 Å². The van der Waals surface area contributed by atoms with Crippen molar-refractivity contribution >= 4 is 28.7 Å². The smallest absolute Gasteiger partial charge is 0.339 e. The standard InChI is InChI=1S/C23H18N2O2S/c1-27-23(26)19-9-5-6-10-20(19)25-18-13-11-16(12-14-18)21-15-24-22(28-21)17-7-3-2-4-8-17/h2-15,25H,1H3. The molecule has 0 aliphatic rings. The minimum atomic E-state index is -0.363. The maximum atomic E-state index is 11.9. The molecule has 5 heteroatoms. The van der Waals surface area contributed by atoms with Crippen molar-refractivity contribution in [2.75, 3.05) is 12.4 Å². The largest absolute Gasteiger partial charge is 0.465 e. The molecule has 0 unspecified atom stereocenters. The fourth-order valence-electron chi connectivity index (χ4n) is 2.88. The van der Waals surface area contributed by atoms with E-state index in [1.54, 1.807) is 17.4 Å².